The normalized spacial score (nSPS) is 19.9. The summed E-state index contributed by atoms with van der Waals surface area (Å²) in [6, 6.07) is 0. The topological polar surface area (TPSA) is 96.5 Å². The Hall–Kier alpha value is -2.31. The van der Waals surface area contributed by atoms with Crippen LogP contribution in [-0.4, -0.2) is 31.1 Å². The zero-order valence-corrected chi connectivity index (χ0v) is 12.6. The van der Waals surface area contributed by atoms with Crippen LogP contribution in [0.15, 0.2) is 18.6 Å². The lowest BCUT2D eigenvalue weighted by Crippen LogP contribution is -2.25. The number of carbonyl (C=O) groups excluding carboxylic acids is 1. The summed E-state index contributed by atoms with van der Waals surface area (Å²) in [5.41, 5.74) is 0.609. The molecule has 3 rings (SSSR count). The van der Waals surface area contributed by atoms with E-state index in [0.29, 0.717) is 29.8 Å². The van der Waals surface area contributed by atoms with Crippen LogP contribution < -0.4 is 5.32 Å². The predicted molar refractivity (Wildman–Crippen MR) is 80.4 cm³/mol. The smallest absolute Gasteiger partial charge is 0.223 e. The third kappa shape index (κ3) is 3.47. The summed E-state index contributed by atoms with van der Waals surface area (Å²) in [6.07, 6.45) is 9.37. The molecule has 7 heteroatoms. The molecule has 1 amide bonds. The molecule has 22 heavy (non-hydrogen) atoms. The van der Waals surface area contributed by atoms with Crippen molar-refractivity contribution >= 4 is 5.91 Å². The Morgan fingerprint density at radius 2 is 2.36 bits per heavy atom. The van der Waals surface area contributed by atoms with E-state index in [1.807, 2.05) is 0 Å². The Kier molecular flexibility index (Phi) is 4.41. The zero-order valence-electron chi connectivity index (χ0n) is 12.6. The van der Waals surface area contributed by atoms with Gasteiger partial charge in [0.15, 0.2) is 0 Å². The van der Waals surface area contributed by atoms with Crippen LogP contribution in [0.2, 0.25) is 0 Å². The number of aromatic amines is 1. The minimum atomic E-state index is 0.124. The van der Waals surface area contributed by atoms with Crippen LogP contribution in [0.25, 0.3) is 11.5 Å². The van der Waals surface area contributed by atoms with E-state index < -0.39 is 0 Å². The van der Waals surface area contributed by atoms with Crippen molar-refractivity contribution in [3.8, 4) is 11.5 Å². The molecule has 0 spiro atoms. The van der Waals surface area contributed by atoms with E-state index in [9.17, 15) is 4.79 Å². The number of rotatable bonds is 7. The first-order chi connectivity index (χ1) is 10.8. The summed E-state index contributed by atoms with van der Waals surface area (Å²) in [4.78, 5) is 24.5. The minimum absolute atomic E-state index is 0.124. The number of hydrogen-bond donors (Lipinski definition) is 2. The Labute approximate surface area is 129 Å². The van der Waals surface area contributed by atoms with Gasteiger partial charge in [-0.1, -0.05) is 19.8 Å². The maximum Gasteiger partial charge on any atom is 0.223 e. The highest BCUT2D eigenvalue weighted by Crippen LogP contribution is 2.42. The average molecular weight is 300 g/mol. The van der Waals surface area contributed by atoms with E-state index in [1.165, 1.54) is 12.8 Å². The molecular weight excluding hydrogens is 280 g/mol. The van der Waals surface area contributed by atoms with Crippen molar-refractivity contribution in [1.82, 2.24) is 30.5 Å². The number of H-pyrrole nitrogens is 1. The molecular formula is C15H20N6O. The fourth-order valence-corrected chi connectivity index (χ4v) is 2.56. The van der Waals surface area contributed by atoms with E-state index in [4.69, 9.17) is 0 Å². The summed E-state index contributed by atoms with van der Waals surface area (Å²) < 4.78 is 0. The van der Waals surface area contributed by atoms with Crippen LogP contribution in [-0.2, 0) is 11.3 Å². The molecule has 2 atom stereocenters. The molecule has 2 aromatic rings. The van der Waals surface area contributed by atoms with Gasteiger partial charge in [0.05, 0.1) is 12.7 Å². The van der Waals surface area contributed by atoms with E-state index in [1.54, 1.807) is 18.6 Å². The van der Waals surface area contributed by atoms with Gasteiger partial charge in [0.1, 0.15) is 11.5 Å². The molecule has 1 aliphatic rings. The fourth-order valence-electron chi connectivity index (χ4n) is 2.56. The fraction of sp³-hybridized carbons (Fsp3) is 0.533. The molecule has 0 radical (unpaired) electrons. The molecule has 1 fully saturated rings. The molecule has 2 N–H and O–H groups in total. The van der Waals surface area contributed by atoms with Gasteiger partial charge in [-0.15, -0.1) is 0 Å². The van der Waals surface area contributed by atoms with Crippen LogP contribution in [0.4, 0.5) is 0 Å². The lowest BCUT2D eigenvalue weighted by molar-refractivity contribution is -0.122. The van der Waals surface area contributed by atoms with Gasteiger partial charge in [-0.3, -0.25) is 14.9 Å². The van der Waals surface area contributed by atoms with E-state index in [2.05, 4.69) is 37.4 Å². The van der Waals surface area contributed by atoms with E-state index in [-0.39, 0.29) is 11.8 Å². The molecule has 2 heterocycles. The van der Waals surface area contributed by atoms with Crippen molar-refractivity contribution in [2.45, 2.75) is 39.2 Å². The molecule has 0 aliphatic heterocycles. The lowest BCUT2D eigenvalue weighted by atomic mass is 10.1. The van der Waals surface area contributed by atoms with Crippen molar-refractivity contribution in [2.24, 2.45) is 11.8 Å². The summed E-state index contributed by atoms with van der Waals surface area (Å²) in [5, 5.41) is 9.83. The zero-order chi connectivity index (χ0) is 15.4. The molecule has 7 nitrogen and oxygen atoms in total. The van der Waals surface area contributed by atoms with Gasteiger partial charge in [0.25, 0.3) is 0 Å². The SMILES string of the molecule is CCCC[C@@H]1C[C@@H]1C(=O)NCc1nc(-c2cnccn2)n[nH]1. The number of amides is 1. The second-order valence-corrected chi connectivity index (χ2v) is 5.66. The summed E-state index contributed by atoms with van der Waals surface area (Å²) in [7, 11) is 0. The molecule has 0 bridgehead atoms. The predicted octanol–water partition coefficient (Wildman–Crippen LogP) is 1.70. The van der Waals surface area contributed by atoms with Crippen molar-refractivity contribution in [1.29, 1.82) is 0 Å². The van der Waals surface area contributed by atoms with Crippen molar-refractivity contribution in [3.63, 3.8) is 0 Å². The highest BCUT2D eigenvalue weighted by atomic mass is 16.2. The molecule has 0 saturated heterocycles. The second-order valence-electron chi connectivity index (χ2n) is 5.66. The third-order valence-electron chi connectivity index (χ3n) is 3.94. The number of aromatic nitrogens is 5. The second kappa shape index (κ2) is 6.64. The maximum absolute atomic E-state index is 12.0. The molecule has 0 unspecified atom stereocenters. The molecule has 2 aromatic heterocycles. The van der Waals surface area contributed by atoms with Crippen LogP contribution in [0.5, 0.6) is 0 Å². The quantitative estimate of drug-likeness (QED) is 0.811. The van der Waals surface area contributed by atoms with Crippen LogP contribution >= 0.6 is 0 Å². The van der Waals surface area contributed by atoms with E-state index in [0.717, 1.165) is 12.8 Å². The highest BCUT2D eigenvalue weighted by Gasteiger charge is 2.41. The van der Waals surface area contributed by atoms with Crippen molar-refractivity contribution in [3.05, 3.63) is 24.4 Å². The standard InChI is InChI=1S/C15H20N6O/c1-2-3-4-10-7-11(10)15(22)18-9-13-19-14(21-20-13)12-8-16-5-6-17-12/h5-6,8,10-11H,2-4,7,9H2,1H3,(H,18,22)(H,19,20,21)/t10-,11+/m1/s1. The summed E-state index contributed by atoms with van der Waals surface area (Å²) in [6.45, 7) is 2.54. The van der Waals surface area contributed by atoms with E-state index >= 15 is 0 Å². The Balaban J connectivity index is 1.49. The molecule has 0 aromatic carbocycles. The van der Waals surface area contributed by atoms with Crippen LogP contribution in [0.1, 0.15) is 38.4 Å². The van der Waals surface area contributed by atoms with Gasteiger partial charge >= 0.3 is 0 Å². The van der Waals surface area contributed by atoms with Crippen molar-refractivity contribution < 1.29 is 4.79 Å². The van der Waals surface area contributed by atoms with Gasteiger partial charge in [-0.2, -0.15) is 5.10 Å². The monoisotopic (exact) mass is 300 g/mol. The first-order valence-corrected chi connectivity index (χ1v) is 7.73. The summed E-state index contributed by atoms with van der Waals surface area (Å²) in [5.74, 6) is 2.00. The summed E-state index contributed by atoms with van der Waals surface area (Å²) >= 11 is 0. The minimum Gasteiger partial charge on any atom is -0.349 e. The van der Waals surface area contributed by atoms with Gasteiger partial charge in [-0.25, -0.2) is 9.97 Å². The molecule has 1 aliphatic carbocycles. The molecule has 116 valence electrons. The van der Waals surface area contributed by atoms with Gasteiger partial charge in [-0.05, 0) is 18.8 Å². The van der Waals surface area contributed by atoms with Crippen LogP contribution in [0.3, 0.4) is 0 Å². The average Bonchev–Trinajstić information content (AvgIpc) is 3.18. The number of nitrogens with one attached hydrogen (secondary N) is 2. The van der Waals surface area contributed by atoms with Crippen molar-refractivity contribution in [2.75, 3.05) is 0 Å². The number of hydrogen-bond acceptors (Lipinski definition) is 5. The Morgan fingerprint density at radius 1 is 1.45 bits per heavy atom. The van der Waals surface area contributed by atoms with Gasteiger partial charge in [0.2, 0.25) is 11.7 Å². The highest BCUT2D eigenvalue weighted by molar-refractivity contribution is 5.81. The van der Waals surface area contributed by atoms with Gasteiger partial charge < -0.3 is 5.32 Å². The first kappa shape index (κ1) is 14.6. The largest absolute Gasteiger partial charge is 0.349 e. The van der Waals surface area contributed by atoms with Gasteiger partial charge in [0, 0.05) is 18.3 Å². The Morgan fingerprint density at radius 3 is 3.14 bits per heavy atom. The number of unbranched alkanes of at least 4 members (excludes halogenated alkanes) is 1. The first-order valence-electron chi connectivity index (χ1n) is 7.73. The lowest BCUT2D eigenvalue weighted by Gasteiger charge is -2.02. The maximum atomic E-state index is 12.0. The number of carbonyl (C=O) groups is 1. The Bertz CT molecular complexity index is 626. The number of nitrogens with zero attached hydrogens (tertiary/aromatic N) is 4. The molecule has 1 saturated carbocycles. The third-order valence-corrected chi connectivity index (χ3v) is 3.94. The van der Waals surface area contributed by atoms with Crippen LogP contribution in [0, 0.1) is 11.8 Å².